The number of fused-ring (bicyclic) bond motifs is 5. The number of hydrogen-bond donors (Lipinski definition) is 4. The number of amides is 5. The third kappa shape index (κ3) is 12.3. The highest BCUT2D eigenvalue weighted by atomic mass is 16.6. The number of hydrogen-bond acceptors (Lipinski definition) is 10. The molecule has 2 aromatic rings. The molecule has 7 rings (SSSR count). The zero-order chi connectivity index (χ0) is 43.1. The Morgan fingerprint density at radius 1 is 0.500 bits per heavy atom. The van der Waals surface area contributed by atoms with Crippen LogP contribution in [0.15, 0.2) is 48.5 Å². The van der Waals surface area contributed by atoms with Gasteiger partial charge in [0, 0.05) is 57.8 Å². The topological polar surface area (TPSA) is 183 Å². The summed E-state index contributed by atoms with van der Waals surface area (Å²) in [5.41, 5.74) is 4.30. The Morgan fingerprint density at radius 2 is 0.871 bits per heavy atom. The van der Waals surface area contributed by atoms with Gasteiger partial charge in [-0.2, -0.15) is 0 Å². The van der Waals surface area contributed by atoms with Crippen molar-refractivity contribution in [3.05, 3.63) is 59.7 Å². The maximum Gasteiger partial charge on any atom is 0.410 e. The maximum atomic E-state index is 13.5. The molecule has 5 aliphatic rings. The van der Waals surface area contributed by atoms with Crippen molar-refractivity contribution in [1.82, 2.24) is 26.2 Å². The number of nitrogens with zero attached hydrogens (tertiary/aromatic N) is 1. The van der Waals surface area contributed by atoms with Crippen LogP contribution in [-0.4, -0.2) is 108 Å². The summed E-state index contributed by atoms with van der Waals surface area (Å²) < 4.78 is 27.3. The van der Waals surface area contributed by atoms with Gasteiger partial charge in [-0.25, -0.2) is 24.0 Å². The molecule has 0 saturated heterocycles. The summed E-state index contributed by atoms with van der Waals surface area (Å²) in [7, 11) is 0. The second kappa shape index (κ2) is 22.1. The molecule has 15 nitrogen and oxygen atoms in total. The SMILES string of the molecule is O=C(NCCNC(=O)OC[C@@H]1[C@@H]2CCC#CCC[C@@H]21)OCCN(CCOC(=O)NCCNC(=O)OC[C@@H]1[C@@H]2CCC#CCC[C@@H]21)C(=O)OCC1c2ccccc2-c2ccccc21. The Balaban J connectivity index is 0.800. The number of nitrogens with one attached hydrogen (secondary N) is 4. The van der Waals surface area contributed by atoms with E-state index in [0.717, 1.165) is 73.6 Å². The minimum absolute atomic E-state index is 0.0446. The Bertz CT molecular complexity index is 1870. The molecule has 0 aromatic heterocycles. The van der Waals surface area contributed by atoms with Gasteiger partial charge in [0.05, 0.1) is 26.3 Å². The standard InChI is InChI=1S/C47H57N5O10/c53-43(48-21-23-50-45(55)60-29-40-36-13-5-1-2-6-14-37(36)40)58-27-25-52(47(57)62-31-42-34-19-11-9-17-32(34)33-18-10-12-20-35(33)42)26-28-59-44(54)49-22-24-51-46(56)61-30-41-38-15-7-3-4-8-16-39(38)41/h9-12,17-20,36-42H,5-8,13-16,21-31H2,(H,48,53)(H,49,54)(H,50,55)(H,51,56)/t36-,37+,38-,39+,40-,41-. The molecule has 330 valence electrons. The minimum atomic E-state index is -0.733. The lowest BCUT2D eigenvalue weighted by Gasteiger charge is -2.23. The second-order valence-corrected chi connectivity index (χ2v) is 16.3. The highest BCUT2D eigenvalue weighted by molar-refractivity contribution is 5.79. The van der Waals surface area contributed by atoms with E-state index >= 15 is 0 Å². The second-order valence-electron chi connectivity index (χ2n) is 16.3. The summed E-state index contributed by atoms with van der Waals surface area (Å²) in [4.78, 5) is 64.2. The fourth-order valence-electron chi connectivity index (χ4n) is 9.25. The van der Waals surface area contributed by atoms with Crippen molar-refractivity contribution in [3.63, 3.8) is 0 Å². The third-order valence-corrected chi connectivity index (χ3v) is 12.6. The first-order chi connectivity index (χ1) is 30.4. The first-order valence-electron chi connectivity index (χ1n) is 22.0. The average Bonchev–Trinajstić information content (AvgIpc) is 4.08. The van der Waals surface area contributed by atoms with E-state index in [1.54, 1.807) is 0 Å². The molecule has 2 saturated carbocycles. The number of carbonyl (C=O) groups excluding carboxylic acids is 5. The number of rotatable bonds is 18. The van der Waals surface area contributed by atoms with Crippen molar-refractivity contribution in [2.45, 2.75) is 57.3 Å². The van der Waals surface area contributed by atoms with Gasteiger partial charge in [-0.1, -0.05) is 48.5 Å². The van der Waals surface area contributed by atoms with Gasteiger partial charge in [-0.15, -0.1) is 23.7 Å². The predicted molar refractivity (Wildman–Crippen MR) is 227 cm³/mol. The lowest BCUT2D eigenvalue weighted by Crippen LogP contribution is -2.40. The largest absolute Gasteiger partial charge is 0.449 e. The van der Waals surface area contributed by atoms with E-state index in [1.807, 2.05) is 48.5 Å². The van der Waals surface area contributed by atoms with Crippen LogP contribution in [0.25, 0.3) is 11.1 Å². The fourth-order valence-corrected chi connectivity index (χ4v) is 9.25. The quantitative estimate of drug-likeness (QED) is 0.0787. The van der Waals surface area contributed by atoms with Crippen molar-refractivity contribution in [2.24, 2.45) is 35.5 Å². The number of ether oxygens (including phenoxy) is 5. The van der Waals surface area contributed by atoms with Gasteiger partial charge < -0.3 is 49.9 Å². The Hall–Kier alpha value is -6.09. The summed E-state index contributed by atoms with van der Waals surface area (Å²) >= 11 is 0. The van der Waals surface area contributed by atoms with Gasteiger partial charge in [0.15, 0.2) is 0 Å². The average molecular weight is 852 g/mol. The van der Waals surface area contributed by atoms with Crippen LogP contribution in [-0.2, 0) is 23.7 Å². The lowest BCUT2D eigenvalue weighted by molar-refractivity contribution is 0.0730. The molecule has 0 aliphatic heterocycles. The van der Waals surface area contributed by atoms with Crippen molar-refractivity contribution in [1.29, 1.82) is 0 Å². The summed E-state index contributed by atoms with van der Waals surface area (Å²) in [6.07, 6.45) is 4.56. The molecular weight excluding hydrogens is 795 g/mol. The molecule has 2 fully saturated rings. The Labute approximate surface area is 363 Å². The van der Waals surface area contributed by atoms with E-state index in [0.29, 0.717) is 48.7 Å². The number of alkyl carbamates (subject to hydrolysis) is 4. The molecule has 62 heavy (non-hydrogen) atoms. The van der Waals surface area contributed by atoms with Crippen molar-refractivity contribution >= 4 is 30.5 Å². The Kier molecular flexibility index (Phi) is 15.7. The van der Waals surface area contributed by atoms with E-state index in [9.17, 15) is 24.0 Å². The summed E-state index contributed by atoms with van der Waals surface area (Å²) in [5.74, 6) is 15.6. The molecule has 15 heteroatoms. The maximum absolute atomic E-state index is 13.5. The summed E-state index contributed by atoms with van der Waals surface area (Å²) in [6, 6.07) is 16.0. The number of benzene rings is 2. The van der Waals surface area contributed by atoms with Crippen LogP contribution < -0.4 is 21.3 Å². The van der Waals surface area contributed by atoms with E-state index in [1.165, 1.54) is 4.90 Å². The number of carbonyl (C=O) groups is 5. The zero-order valence-electron chi connectivity index (χ0n) is 35.1. The molecule has 2 aromatic carbocycles. The highest BCUT2D eigenvalue weighted by Gasteiger charge is 2.50. The smallest absolute Gasteiger partial charge is 0.410 e. The zero-order valence-corrected chi connectivity index (χ0v) is 35.1. The van der Waals surface area contributed by atoms with E-state index < -0.39 is 30.5 Å². The fraction of sp³-hybridized carbons (Fsp3) is 0.553. The van der Waals surface area contributed by atoms with Gasteiger partial charge in [0.25, 0.3) is 0 Å². The molecule has 0 bridgehead atoms. The van der Waals surface area contributed by atoms with Crippen molar-refractivity contribution in [2.75, 3.05) is 72.3 Å². The molecule has 5 aliphatic carbocycles. The molecule has 4 N–H and O–H groups in total. The normalized spacial score (nSPS) is 22.3. The molecule has 6 atom stereocenters. The van der Waals surface area contributed by atoms with Crippen LogP contribution in [0.4, 0.5) is 24.0 Å². The summed E-state index contributed by atoms with van der Waals surface area (Å²) in [6.45, 7) is 0.875. The first-order valence-corrected chi connectivity index (χ1v) is 22.0. The molecule has 0 unspecified atom stereocenters. The molecular formula is C47H57N5O10. The van der Waals surface area contributed by atoms with Gasteiger partial charge in [-0.05, 0) is 83.4 Å². The van der Waals surface area contributed by atoms with Gasteiger partial charge >= 0.3 is 30.5 Å². The monoisotopic (exact) mass is 851 g/mol. The van der Waals surface area contributed by atoms with Gasteiger partial charge in [0.2, 0.25) is 0 Å². The van der Waals surface area contributed by atoms with Crippen LogP contribution in [0.2, 0.25) is 0 Å². The van der Waals surface area contributed by atoms with Crippen LogP contribution in [0, 0.1) is 59.2 Å². The van der Waals surface area contributed by atoms with Crippen LogP contribution in [0.1, 0.15) is 68.4 Å². The highest BCUT2D eigenvalue weighted by Crippen LogP contribution is 2.53. The minimum Gasteiger partial charge on any atom is -0.449 e. The molecule has 0 radical (unpaired) electrons. The van der Waals surface area contributed by atoms with Crippen LogP contribution in [0.5, 0.6) is 0 Å². The summed E-state index contributed by atoms with van der Waals surface area (Å²) in [5, 5.41) is 10.4. The van der Waals surface area contributed by atoms with E-state index in [2.05, 4.69) is 44.9 Å². The van der Waals surface area contributed by atoms with Gasteiger partial charge in [-0.3, -0.25) is 0 Å². The lowest BCUT2D eigenvalue weighted by atomic mass is 9.98. The molecule has 5 amide bonds. The molecule has 0 heterocycles. The van der Waals surface area contributed by atoms with Crippen molar-refractivity contribution in [3.8, 4) is 34.8 Å². The van der Waals surface area contributed by atoms with E-state index in [4.69, 9.17) is 23.7 Å². The van der Waals surface area contributed by atoms with Crippen molar-refractivity contribution < 1.29 is 47.7 Å². The van der Waals surface area contributed by atoms with Crippen LogP contribution >= 0.6 is 0 Å². The third-order valence-electron chi connectivity index (χ3n) is 12.6. The van der Waals surface area contributed by atoms with Gasteiger partial charge in [0.1, 0.15) is 19.8 Å². The first kappa shape index (κ1) is 44.0. The van der Waals surface area contributed by atoms with E-state index in [-0.39, 0.29) is 65.0 Å². The Morgan fingerprint density at radius 3 is 1.27 bits per heavy atom. The van der Waals surface area contributed by atoms with Crippen LogP contribution in [0.3, 0.4) is 0 Å². The predicted octanol–water partition coefficient (Wildman–Crippen LogP) is 6.02. The molecule has 0 spiro atoms.